The summed E-state index contributed by atoms with van der Waals surface area (Å²) in [5.74, 6) is 1.22. The Kier molecular flexibility index (Phi) is 3.99. The van der Waals surface area contributed by atoms with Crippen LogP contribution in [0, 0.1) is 11.7 Å². The Hall–Kier alpha value is -1.13. The molecule has 4 heteroatoms. The zero-order valence-electron chi connectivity index (χ0n) is 11.0. The van der Waals surface area contributed by atoms with Gasteiger partial charge >= 0.3 is 0 Å². The third kappa shape index (κ3) is 4.18. The molecule has 0 bridgehead atoms. The highest BCUT2D eigenvalue weighted by Crippen LogP contribution is 2.29. The zero-order chi connectivity index (χ0) is 13.1. The van der Waals surface area contributed by atoms with E-state index in [9.17, 15) is 4.39 Å². The summed E-state index contributed by atoms with van der Waals surface area (Å²) in [7, 11) is 0. The van der Waals surface area contributed by atoms with Crippen LogP contribution in [-0.4, -0.2) is 19.4 Å². The van der Waals surface area contributed by atoms with Gasteiger partial charge in [-0.25, -0.2) is 4.39 Å². The summed E-state index contributed by atoms with van der Waals surface area (Å²) in [4.78, 5) is 0. The lowest BCUT2D eigenvalue weighted by molar-refractivity contribution is 0.00937. The van der Waals surface area contributed by atoms with Crippen molar-refractivity contribution in [1.29, 1.82) is 0 Å². The van der Waals surface area contributed by atoms with E-state index in [4.69, 9.17) is 9.47 Å². The molecule has 2 aliphatic rings. The fourth-order valence-corrected chi connectivity index (χ4v) is 1.97. The van der Waals surface area contributed by atoms with Crippen molar-refractivity contribution < 1.29 is 13.9 Å². The standard InChI is InChI=1S/C15H20FNO2/c16-13-3-6-15(19-10-18-9-11-1-2-11)12(7-13)8-17-14-4-5-14/h3,6-7,11,14,17H,1-2,4-5,8-10H2. The van der Waals surface area contributed by atoms with Crippen molar-refractivity contribution in [2.24, 2.45) is 5.92 Å². The minimum Gasteiger partial charge on any atom is -0.467 e. The second kappa shape index (κ2) is 5.88. The zero-order valence-corrected chi connectivity index (χ0v) is 11.0. The molecule has 1 N–H and O–H groups in total. The van der Waals surface area contributed by atoms with Gasteiger partial charge in [0.05, 0.1) is 6.61 Å². The maximum Gasteiger partial charge on any atom is 0.189 e. The van der Waals surface area contributed by atoms with E-state index < -0.39 is 0 Å². The normalized spacial score (nSPS) is 18.6. The van der Waals surface area contributed by atoms with Crippen LogP contribution in [0.15, 0.2) is 18.2 Å². The van der Waals surface area contributed by atoms with E-state index in [0.29, 0.717) is 18.3 Å². The molecule has 19 heavy (non-hydrogen) atoms. The van der Waals surface area contributed by atoms with E-state index >= 15 is 0 Å². The third-order valence-corrected chi connectivity index (χ3v) is 3.53. The molecule has 0 spiro atoms. The predicted molar refractivity (Wildman–Crippen MR) is 70.4 cm³/mol. The van der Waals surface area contributed by atoms with Gasteiger partial charge < -0.3 is 14.8 Å². The van der Waals surface area contributed by atoms with Gasteiger partial charge in [0.25, 0.3) is 0 Å². The molecule has 1 aromatic carbocycles. The Labute approximate surface area is 113 Å². The number of nitrogens with one attached hydrogen (secondary N) is 1. The summed E-state index contributed by atoms with van der Waals surface area (Å²) < 4.78 is 24.3. The van der Waals surface area contributed by atoms with Gasteiger partial charge in [-0.2, -0.15) is 0 Å². The van der Waals surface area contributed by atoms with Crippen LogP contribution < -0.4 is 10.1 Å². The SMILES string of the molecule is Fc1ccc(OCOCC2CC2)c(CNC2CC2)c1. The quantitative estimate of drug-likeness (QED) is 0.579. The van der Waals surface area contributed by atoms with Gasteiger partial charge in [-0.15, -0.1) is 0 Å². The van der Waals surface area contributed by atoms with Crippen LogP contribution in [0.3, 0.4) is 0 Å². The Morgan fingerprint density at radius 2 is 2.05 bits per heavy atom. The van der Waals surface area contributed by atoms with Crippen molar-refractivity contribution in [2.45, 2.75) is 38.3 Å². The summed E-state index contributed by atoms with van der Waals surface area (Å²) in [5.41, 5.74) is 0.863. The molecular weight excluding hydrogens is 245 g/mol. The number of halogens is 1. The van der Waals surface area contributed by atoms with Crippen LogP contribution in [-0.2, 0) is 11.3 Å². The molecule has 104 valence electrons. The maximum absolute atomic E-state index is 13.3. The first-order valence-electron chi connectivity index (χ1n) is 7.03. The van der Waals surface area contributed by atoms with Crippen LogP contribution in [0.5, 0.6) is 5.75 Å². The molecule has 2 fully saturated rings. The molecule has 0 amide bonds. The Bertz CT molecular complexity index is 430. The molecule has 3 rings (SSSR count). The lowest BCUT2D eigenvalue weighted by Crippen LogP contribution is -2.16. The minimum absolute atomic E-state index is 0.223. The van der Waals surface area contributed by atoms with Crippen molar-refractivity contribution in [1.82, 2.24) is 5.32 Å². The van der Waals surface area contributed by atoms with Crippen LogP contribution in [0.25, 0.3) is 0 Å². The number of hydrogen-bond donors (Lipinski definition) is 1. The molecule has 0 aromatic heterocycles. The summed E-state index contributed by atoms with van der Waals surface area (Å²) >= 11 is 0. The topological polar surface area (TPSA) is 30.5 Å². The predicted octanol–water partition coefficient (Wildman–Crippen LogP) is 2.84. The smallest absolute Gasteiger partial charge is 0.189 e. The monoisotopic (exact) mass is 265 g/mol. The highest BCUT2D eigenvalue weighted by molar-refractivity contribution is 5.34. The largest absolute Gasteiger partial charge is 0.467 e. The van der Waals surface area contributed by atoms with Gasteiger partial charge in [0, 0.05) is 18.2 Å². The van der Waals surface area contributed by atoms with E-state index in [2.05, 4.69) is 5.32 Å². The first-order chi connectivity index (χ1) is 9.31. The van der Waals surface area contributed by atoms with Gasteiger partial charge in [0.15, 0.2) is 6.79 Å². The molecule has 3 nitrogen and oxygen atoms in total. The Balaban J connectivity index is 1.51. The molecule has 0 saturated heterocycles. The molecule has 0 aliphatic heterocycles. The summed E-state index contributed by atoms with van der Waals surface area (Å²) in [5, 5.41) is 3.37. The van der Waals surface area contributed by atoms with Crippen LogP contribution in [0.1, 0.15) is 31.2 Å². The van der Waals surface area contributed by atoms with Crippen LogP contribution in [0.4, 0.5) is 4.39 Å². The van der Waals surface area contributed by atoms with Gasteiger partial charge in [0.1, 0.15) is 11.6 Å². The minimum atomic E-state index is -0.223. The van der Waals surface area contributed by atoms with Crippen molar-refractivity contribution >= 4 is 0 Å². The summed E-state index contributed by atoms with van der Waals surface area (Å²) in [6.45, 7) is 1.68. The van der Waals surface area contributed by atoms with Crippen molar-refractivity contribution in [3.05, 3.63) is 29.6 Å². The Morgan fingerprint density at radius 3 is 2.79 bits per heavy atom. The van der Waals surface area contributed by atoms with Gasteiger partial charge in [0.2, 0.25) is 0 Å². The molecule has 2 aliphatic carbocycles. The molecular formula is C15H20FNO2. The van der Waals surface area contributed by atoms with Gasteiger partial charge in [-0.05, 0) is 49.8 Å². The first kappa shape index (κ1) is 12.9. The maximum atomic E-state index is 13.3. The summed E-state index contributed by atoms with van der Waals surface area (Å²) in [6, 6.07) is 5.24. The van der Waals surface area contributed by atoms with E-state index in [1.54, 1.807) is 6.07 Å². The Morgan fingerprint density at radius 1 is 1.21 bits per heavy atom. The van der Waals surface area contributed by atoms with Crippen molar-refractivity contribution in [3.63, 3.8) is 0 Å². The van der Waals surface area contributed by atoms with E-state index in [1.165, 1.54) is 37.8 Å². The lowest BCUT2D eigenvalue weighted by atomic mass is 10.2. The second-order valence-corrected chi connectivity index (χ2v) is 5.48. The number of hydrogen-bond acceptors (Lipinski definition) is 3. The molecule has 1 aromatic rings. The number of rotatable bonds is 8. The lowest BCUT2D eigenvalue weighted by Gasteiger charge is -2.12. The highest BCUT2D eigenvalue weighted by atomic mass is 19.1. The van der Waals surface area contributed by atoms with Crippen molar-refractivity contribution in [3.8, 4) is 5.75 Å². The fourth-order valence-electron chi connectivity index (χ4n) is 1.97. The molecule has 0 radical (unpaired) electrons. The third-order valence-electron chi connectivity index (χ3n) is 3.53. The first-order valence-corrected chi connectivity index (χ1v) is 7.03. The molecule has 0 atom stereocenters. The molecule has 0 unspecified atom stereocenters. The van der Waals surface area contributed by atoms with Gasteiger partial charge in [-0.1, -0.05) is 0 Å². The average molecular weight is 265 g/mol. The molecule has 0 heterocycles. The second-order valence-electron chi connectivity index (χ2n) is 5.48. The number of benzene rings is 1. The van der Waals surface area contributed by atoms with Gasteiger partial charge in [-0.3, -0.25) is 0 Å². The summed E-state index contributed by atoms with van der Waals surface area (Å²) in [6.07, 6.45) is 4.98. The fraction of sp³-hybridized carbons (Fsp3) is 0.600. The number of ether oxygens (including phenoxy) is 2. The average Bonchev–Trinajstić information content (AvgIpc) is 3.27. The van der Waals surface area contributed by atoms with Crippen LogP contribution >= 0.6 is 0 Å². The van der Waals surface area contributed by atoms with E-state index in [0.717, 1.165) is 18.1 Å². The van der Waals surface area contributed by atoms with E-state index in [1.807, 2.05) is 0 Å². The highest BCUT2D eigenvalue weighted by Gasteiger charge is 2.22. The van der Waals surface area contributed by atoms with E-state index in [-0.39, 0.29) is 12.6 Å². The molecule has 2 saturated carbocycles. The van der Waals surface area contributed by atoms with Crippen LogP contribution in [0.2, 0.25) is 0 Å². The van der Waals surface area contributed by atoms with Crippen molar-refractivity contribution in [2.75, 3.05) is 13.4 Å².